The number of aryl methyl sites for hydroxylation is 1. The maximum absolute atomic E-state index is 13.4. The van der Waals surface area contributed by atoms with Gasteiger partial charge in [-0.05, 0) is 38.3 Å². The molecular formula is C25H29N7O3S. The van der Waals surface area contributed by atoms with Crippen LogP contribution >= 0.6 is 11.8 Å². The van der Waals surface area contributed by atoms with Crippen molar-refractivity contribution in [3.63, 3.8) is 0 Å². The van der Waals surface area contributed by atoms with E-state index in [0.29, 0.717) is 28.9 Å². The molecule has 1 aromatic heterocycles. The van der Waals surface area contributed by atoms with Crippen LogP contribution in [0, 0.1) is 6.92 Å². The van der Waals surface area contributed by atoms with Crippen LogP contribution in [0.3, 0.4) is 0 Å². The summed E-state index contributed by atoms with van der Waals surface area (Å²) >= 11 is 1.17. The molecular weight excluding hydrogens is 478 g/mol. The Morgan fingerprint density at radius 3 is 2.75 bits per heavy atom. The smallest absolute Gasteiger partial charge is 0.259 e. The third kappa shape index (κ3) is 5.35. The summed E-state index contributed by atoms with van der Waals surface area (Å²) in [6.45, 7) is 1.85. The number of carbonyl (C=O) groups excluding carboxylic acids is 3. The lowest BCUT2D eigenvalue weighted by atomic mass is 9.95. The van der Waals surface area contributed by atoms with Gasteiger partial charge < -0.3 is 10.6 Å². The highest BCUT2D eigenvalue weighted by Gasteiger charge is 2.41. The largest absolute Gasteiger partial charge is 0.353 e. The van der Waals surface area contributed by atoms with Gasteiger partial charge >= 0.3 is 0 Å². The van der Waals surface area contributed by atoms with Crippen LogP contribution in [0.25, 0.3) is 0 Å². The maximum Gasteiger partial charge on any atom is 0.259 e. The molecule has 0 saturated heterocycles. The van der Waals surface area contributed by atoms with Crippen LogP contribution in [0.1, 0.15) is 56.2 Å². The number of thioether (sulfide) groups is 1. The van der Waals surface area contributed by atoms with Crippen molar-refractivity contribution < 1.29 is 14.4 Å². The SMILES string of the molecule is Cc1cc(NC(=O)CSC2=Nc3ccccc3C3=N[C@@H](CCC(=O)NC4CCCCC4)C(=O)N23)n[nH]1. The Labute approximate surface area is 213 Å². The first-order valence-corrected chi connectivity index (χ1v) is 13.3. The van der Waals surface area contributed by atoms with E-state index < -0.39 is 6.04 Å². The van der Waals surface area contributed by atoms with Crippen LogP contribution in [0.5, 0.6) is 0 Å². The molecule has 1 aromatic carbocycles. The third-order valence-electron chi connectivity index (χ3n) is 6.47. The zero-order chi connectivity index (χ0) is 25.1. The Hall–Kier alpha value is -3.47. The Balaban J connectivity index is 1.25. The average molecular weight is 508 g/mol. The van der Waals surface area contributed by atoms with Gasteiger partial charge in [0.1, 0.15) is 11.9 Å². The summed E-state index contributed by atoms with van der Waals surface area (Å²) in [4.78, 5) is 49.2. The molecule has 2 aliphatic heterocycles. The second-order valence-corrected chi connectivity index (χ2v) is 10.2. The van der Waals surface area contributed by atoms with Crippen LogP contribution in [0.15, 0.2) is 40.3 Å². The molecule has 0 unspecified atom stereocenters. The zero-order valence-corrected chi connectivity index (χ0v) is 20.9. The van der Waals surface area contributed by atoms with Crippen LogP contribution in [0.2, 0.25) is 0 Å². The normalized spacial score (nSPS) is 19.3. The second-order valence-electron chi connectivity index (χ2n) is 9.27. The van der Waals surface area contributed by atoms with E-state index in [2.05, 4.69) is 25.8 Å². The number of hydrogen-bond donors (Lipinski definition) is 3. The first-order chi connectivity index (χ1) is 17.5. The highest BCUT2D eigenvalue weighted by molar-refractivity contribution is 8.14. The van der Waals surface area contributed by atoms with Crippen LogP contribution in [-0.2, 0) is 14.4 Å². The molecule has 3 aliphatic rings. The van der Waals surface area contributed by atoms with E-state index in [1.165, 1.54) is 23.1 Å². The van der Waals surface area contributed by atoms with Crippen molar-refractivity contribution in [1.82, 2.24) is 20.4 Å². The lowest BCUT2D eigenvalue weighted by molar-refractivity contribution is -0.125. The van der Waals surface area contributed by atoms with E-state index in [9.17, 15) is 14.4 Å². The first kappa shape index (κ1) is 24.2. The molecule has 1 fully saturated rings. The lowest BCUT2D eigenvalue weighted by Crippen LogP contribution is -2.42. The van der Waals surface area contributed by atoms with Crippen molar-refractivity contribution >= 4 is 52.0 Å². The van der Waals surface area contributed by atoms with Crippen molar-refractivity contribution in [3.05, 3.63) is 41.6 Å². The Bertz CT molecular complexity index is 1230. The summed E-state index contributed by atoms with van der Waals surface area (Å²) in [5.41, 5.74) is 2.30. The van der Waals surface area contributed by atoms with Crippen LogP contribution in [-0.4, -0.2) is 61.7 Å². The predicted octanol–water partition coefficient (Wildman–Crippen LogP) is 3.28. The minimum absolute atomic E-state index is 0.0336. The molecule has 3 N–H and O–H groups in total. The summed E-state index contributed by atoms with van der Waals surface area (Å²) in [5, 5.41) is 13.0. The van der Waals surface area contributed by atoms with Crippen molar-refractivity contribution in [2.75, 3.05) is 11.1 Å². The fourth-order valence-electron chi connectivity index (χ4n) is 4.69. The molecule has 1 aliphatic carbocycles. The van der Waals surface area contributed by atoms with Gasteiger partial charge in [-0.1, -0.05) is 43.2 Å². The molecule has 3 heterocycles. The molecule has 0 bridgehead atoms. The van der Waals surface area contributed by atoms with Crippen molar-refractivity contribution in [3.8, 4) is 0 Å². The minimum Gasteiger partial charge on any atom is -0.353 e. The number of nitrogens with zero attached hydrogens (tertiary/aromatic N) is 4. The van der Waals surface area contributed by atoms with Crippen LogP contribution in [0.4, 0.5) is 11.5 Å². The fraction of sp³-hybridized carbons (Fsp3) is 0.440. The molecule has 1 atom stereocenters. The molecule has 188 valence electrons. The molecule has 0 spiro atoms. The molecule has 36 heavy (non-hydrogen) atoms. The molecule has 10 nitrogen and oxygen atoms in total. The van der Waals surface area contributed by atoms with Gasteiger partial charge in [-0.2, -0.15) is 5.10 Å². The summed E-state index contributed by atoms with van der Waals surface area (Å²) in [5.74, 6) is 0.509. The average Bonchev–Trinajstić information content (AvgIpc) is 3.44. The predicted molar refractivity (Wildman–Crippen MR) is 139 cm³/mol. The highest BCUT2D eigenvalue weighted by Crippen LogP contribution is 2.34. The van der Waals surface area contributed by atoms with Gasteiger partial charge in [-0.15, -0.1) is 0 Å². The van der Waals surface area contributed by atoms with Gasteiger partial charge in [0, 0.05) is 29.8 Å². The highest BCUT2D eigenvalue weighted by atomic mass is 32.2. The molecule has 2 aromatic rings. The standard InChI is InChI=1S/C25H29N7O3S/c1-15-13-20(31-30-15)29-22(34)14-36-25-28-18-10-6-5-9-17(18)23-27-19(24(35)32(23)25)11-12-21(33)26-16-7-3-2-4-8-16/h5-6,9-10,13,16,19H,2-4,7-8,11-12,14H2,1H3,(H,26,33)(H2,29,30,31,34)/t19-/m0/s1. The van der Waals surface area contributed by atoms with E-state index >= 15 is 0 Å². The number of nitrogens with one attached hydrogen (secondary N) is 3. The number of fused-ring (bicyclic) bond motifs is 3. The van der Waals surface area contributed by atoms with E-state index in [0.717, 1.165) is 36.9 Å². The Morgan fingerprint density at radius 1 is 1.17 bits per heavy atom. The molecule has 1 saturated carbocycles. The summed E-state index contributed by atoms with van der Waals surface area (Å²) < 4.78 is 0. The summed E-state index contributed by atoms with van der Waals surface area (Å²) in [6.07, 6.45) is 6.13. The van der Waals surface area contributed by atoms with E-state index in [-0.39, 0.29) is 35.9 Å². The fourth-order valence-corrected chi connectivity index (χ4v) is 5.49. The number of aliphatic imine (C=N–C) groups is 2. The third-order valence-corrected chi connectivity index (χ3v) is 7.41. The number of carbonyl (C=O) groups is 3. The number of benzene rings is 1. The number of amidine groups is 2. The van der Waals surface area contributed by atoms with E-state index in [1.807, 2.05) is 31.2 Å². The topological polar surface area (TPSA) is 132 Å². The Morgan fingerprint density at radius 2 is 1.97 bits per heavy atom. The van der Waals surface area contributed by atoms with Gasteiger partial charge in [-0.25, -0.2) is 9.89 Å². The second kappa shape index (κ2) is 10.7. The van der Waals surface area contributed by atoms with Gasteiger partial charge in [-0.3, -0.25) is 24.5 Å². The molecule has 5 rings (SSSR count). The number of para-hydroxylation sites is 1. The zero-order valence-electron chi connectivity index (χ0n) is 20.1. The van der Waals surface area contributed by atoms with Gasteiger partial charge in [0.2, 0.25) is 11.8 Å². The van der Waals surface area contributed by atoms with Crippen molar-refractivity contribution in [1.29, 1.82) is 0 Å². The number of aromatic amines is 1. The number of rotatable bonds is 7. The number of anilines is 1. The van der Waals surface area contributed by atoms with Crippen molar-refractivity contribution in [2.24, 2.45) is 9.98 Å². The van der Waals surface area contributed by atoms with Gasteiger partial charge in [0.05, 0.1) is 11.4 Å². The van der Waals surface area contributed by atoms with Crippen LogP contribution < -0.4 is 10.6 Å². The summed E-state index contributed by atoms with van der Waals surface area (Å²) in [7, 11) is 0. The quantitative estimate of drug-likeness (QED) is 0.529. The monoisotopic (exact) mass is 507 g/mol. The summed E-state index contributed by atoms with van der Waals surface area (Å²) in [6, 6.07) is 8.80. The van der Waals surface area contributed by atoms with E-state index in [1.54, 1.807) is 6.07 Å². The number of H-pyrrole nitrogens is 1. The number of amides is 3. The van der Waals surface area contributed by atoms with Gasteiger partial charge in [0.15, 0.2) is 11.0 Å². The molecule has 0 radical (unpaired) electrons. The van der Waals surface area contributed by atoms with Gasteiger partial charge in [0.25, 0.3) is 5.91 Å². The van der Waals surface area contributed by atoms with Crippen molar-refractivity contribution in [2.45, 2.75) is 64.0 Å². The number of aromatic nitrogens is 2. The minimum atomic E-state index is -0.657. The lowest BCUT2D eigenvalue weighted by Gasteiger charge is -2.25. The van der Waals surface area contributed by atoms with E-state index in [4.69, 9.17) is 4.99 Å². The maximum atomic E-state index is 13.4. The number of hydrogen-bond acceptors (Lipinski definition) is 7. The Kier molecular flexibility index (Phi) is 7.17. The molecule has 11 heteroatoms. The molecule has 3 amide bonds. The first-order valence-electron chi connectivity index (χ1n) is 12.3.